The Morgan fingerprint density at radius 2 is 1.54 bits per heavy atom. The van der Waals surface area contributed by atoms with E-state index in [9.17, 15) is 14.4 Å². The van der Waals surface area contributed by atoms with Crippen LogP contribution >= 0.6 is 0 Å². The number of alkyl halides is 1. The number of ether oxygens (including phenoxy) is 2. The molecule has 1 fully saturated rings. The molecule has 0 saturated heterocycles. The third-order valence-electron chi connectivity index (χ3n) is 7.84. The minimum Gasteiger partial charge on any atom is -0.492 e. The molecule has 3 rings (SSSR count). The number of nitriles is 1. The smallest absolute Gasteiger partial charge is 0.340 e. The van der Waals surface area contributed by atoms with E-state index in [1.165, 1.54) is 44.1 Å². The van der Waals surface area contributed by atoms with Gasteiger partial charge < -0.3 is 9.47 Å². The number of hydrogen-bond acceptors (Lipinski definition) is 4. The lowest BCUT2D eigenvalue weighted by atomic mass is 9.82. The molecule has 5 heteroatoms. The fourth-order valence-corrected chi connectivity index (χ4v) is 5.37. The standard InChI is InChI=1S/C34H46FNO3/c1-3-5-7-8-9-10-11-23-38-33-22-19-29(24-30(33)25-36)28-15-13-26(14-16-28)27-17-20-31(21-18-27)39-34(37)32(35)12-6-4-2/h13-16,19,22,24,27,31-32H,3-12,17-18,20-21,23H2,1-2H3/t27?,31?,32-/m0/s1. The lowest BCUT2D eigenvalue weighted by Crippen LogP contribution is -2.28. The Bertz CT molecular complexity index is 1040. The number of halogens is 1. The Balaban J connectivity index is 1.47. The lowest BCUT2D eigenvalue weighted by molar-refractivity contribution is -0.157. The van der Waals surface area contributed by atoms with Gasteiger partial charge in [0, 0.05) is 0 Å². The molecule has 1 aliphatic rings. The molecule has 1 aliphatic carbocycles. The van der Waals surface area contributed by atoms with Gasteiger partial charge in [-0.3, -0.25) is 0 Å². The Morgan fingerprint density at radius 1 is 0.897 bits per heavy atom. The van der Waals surface area contributed by atoms with Crippen LogP contribution in [0.4, 0.5) is 4.39 Å². The van der Waals surface area contributed by atoms with E-state index in [0.717, 1.165) is 49.7 Å². The Kier molecular flexibility index (Phi) is 13.3. The first-order valence-corrected chi connectivity index (χ1v) is 15.2. The molecule has 1 saturated carbocycles. The predicted molar refractivity (Wildman–Crippen MR) is 156 cm³/mol. The molecule has 0 spiro atoms. The van der Waals surface area contributed by atoms with Crippen molar-refractivity contribution in [3.05, 3.63) is 53.6 Å². The molecular weight excluding hydrogens is 489 g/mol. The monoisotopic (exact) mass is 535 g/mol. The largest absolute Gasteiger partial charge is 0.492 e. The maximum absolute atomic E-state index is 14.0. The van der Waals surface area contributed by atoms with Crippen molar-refractivity contribution in [2.75, 3.05) is 6.61 Å². The topological polar surface area (TPSA) is 59.3 Å². The van der Waals surface area contributed by atoms with Crippen LogP contribution in [-0.4, -0.2) is 24.9 Å². The summed E-state index contributed by atoms with van der Waals surface area (Å²) in [6, 6.07) is 16.7. The summed E-state index contributed by atoms with van der Waals surface area (Å²) in [5.74, 6) is 0.375. The van der Waals surface area contributed by atoms with E-state index in [1.807, 2.05) is 25.1 Å². The van der Waals surface area contributed by atoms with Gasteiger partial charge in [0.05, 0.1) is 12.2 Å². The second-order valence-electron chi connectivity index (χ2n) is 10.9. The normalized spacial score (nSPS) is 17.8. The highest BCUT2D eigenvalue weighted by Gasteiger charge is 2.27. The molecule has 1 atom stereocenters. The maximum Gasteiger partial charge on any atom is 0.340 e. The zero-order chi connectivity index (χ0) is 27.9. The first-order chi connectivity index (χ1) is 19.0. The zero-order valence-electron chi connectivity index (χ0n) is 23.9. The van der Waals surface area contributed by atoms with E-state index in [2.05, 4.69) is 37.3 Å². The summed E-state index contributed by atoms with van der Waals surface area (Å²) in [6.45, 7) is 4.86. The van der Waals surface area contributed by atoms with Gasteiger partial charge in [0.25, 0.3) is 0 Å². The molecule has 0 unspecified atom stereocenters. The second kappa shape index (κ2) is 17.0. The molecule has 0 aromatic heterocycles. The first kappa shape index (κ1) is 30.7. The van der Waals surface area contributed by atoms with Crippen LogP contribution in [-0.2, 0) is 9.53 Å². The van der Waals surface area contributed by atoms with E-state index >= 15 is 0 Å². The highest BCUT2D eigenvalue weighted by molar-refractivity contribution is 5.74. The Labute approximate surface area is 234 Å². The van der Waals surface area contributed by atoms with Crippen LogP contribution < -0.4 is 4.74 Å². The summed E-state index contributed by atoms with van der Waals surface area (Å²) >= 11 is 0. The van der Waals surface area contributed by atoms with E-state index in [4.69, 9.17) is 9.47 Å². The highest BCUT2D eigenvalue weighted by atomic mass is 19.1. The lowest BCUT2D eigenvalue weighted by Gasteiger charge is -2.29. The predicted octanol–water partition coefficient (Wildman–Crippen LogP) is 9.45. The zero-order valence-corrected chi connectivity index (χ0v) is 23.9. The van der Waals surface area contributed by atoms with Crippen LogP contribution in [0.1, 0.15) is 121 Å². The van der Waals surface area contributed by atoms with Crippen LogP contribution in [0.3, 0.4) is 0 Å². The minimum absolute atomic E-state index is 0.177. The SMILES string of the molecule is CCCCCCCCCOc1ccc(-c2ccc(C3CCC(OC(=O)[C@@H](F)CCCC)CC3)cc2)cc1C#N. The van der Waals surface area contributed by atoms with Gasteiger partial charge in [-0.1, -0.05) is 95.5 Å². The Morgan fingerprint density at radius 3 is 2.21 bits per heavy atom. The van der Waals surface area contributed by atoms with Gasteiger partial charge in [-0.15, -0.1) is 0 Å². The average molecular weight is 536 g/mol. The van der Waals surface area contributed by atoms with Crippen LogP contribution in [0.15, 0.2) is 42.5 Å². The van der Waals surface area contributed by atoms with Gasteiger partial charge in [0.15, 0.2) is 6.17 Å². The van der Waals surface area contributed by atoms with Crippen molar-refractivity contribution in [2.45, 2.75) is 122 Å². The molecule has 4 nitrogen and oxygen atoms in total. The van der Waals surface area contributed by atoms with Crippen LogP contribution in [0.2, 0.25) is 0 Å². The number of carbonyl (C=O) groups excluding carboxylic acids is 1. The van der Waals surface area contributed by atoms with Gasteiger partial charge in [-0.2, -0.15) is 5.26 Å². The molecule has 0 aliphatic heterocycles. The molecule has 0 heterocycles. The molecule has 0 N–H and O–H groups in total. The average Bonchev–Trinajstić information content (AvgIpc) is 2.97. The summed E-state index contributed by atoms with van der Waals surface area (Å²) in [4.78, 5) is 12.0. The Hall–Kier alpha value is -2.87. The van der Waals surface area contributed by atoms with Crippen molar-refractivity contribution < 1.29 is 18.7 Å². The summed E-state index contributed by atoms with van der Waals surface area (Å²) in [5, 5.41) is 9.69. The number of hydrogen-bond donors (Lipinski definition) is 0. The third kappa shape index (κ3) is 9.99. The third-order valence-corrected chi connectivity index (χ3v) is 7.84. The summed E-state index contributed by atoms with van der Waals surface area (Å²) < 4.78 is 25.3. The number of benzene rings is 2. The van der Waals surface area contributed by atoms with Crippen molar-refractivity contribution in [3.63, 3.8) is 0 Å². The molecular formula is C34H46FNO3. The molecule has 2 aromatic carbocycles. The summed E-state index contributed by atoms with van der Waals surface area (Å²) in [5.41, 5.74) is 3.90. The molecule has 2 aromatic rings. The number of unbranched alkanes of at least 4 members (excludes halogenated alkanes) is 7. The van der Waals surface area contributed by atoms with Crippen molar-refractivity contribution in [3.8, 4) is 22.9 Å². The highest BCUT2D eigenvalue weighted by Crippen LogP contribution is 2.35. The molecule has 0 bridgehead atoms. The summed E-state index contributed by atoms with van der Waals surface area (Å²) in [7, 11) is 0. The molecule has 212 valence electrons. The van der Waals surface area contributed by atoms with Gasteiger partial charge in [0.1, 0.15) is 17.9 Å². The van der Waals surface area contributed by atoms with Gasteiger partial charge in [0.2, 0.25) is 0 Å². The van der Waals surface area contributed by atoms with E-state index in [0.29, 0.717) is 30.3 Å². The number of rotatable bonds is 16. The molecule has 0 radical (unpaired) electrons. The maximum atomic E-state index is 14.0. The van der Waals surface area contributed by atoms with Gasteiger partial charge in [-0.25, -0.2) is 9.18 Å². The van der Waals surface area contributed by atoms with Crippen molar-refractivity contribution in [1.29, 1.82) is 5.26 Å². The number of carbonyl (C=O) groups is 1. The van der Waals surface area contributed by atoms with Crippen LogP contribution in [0.5, 0.6) is 5.75 Å². The minimum atomic E-state index is -1.50. The van der Waals surface area contributed by atoms with E-state index < -0.39 is 12.1 Å². The first-order valence-electron chi connectivity index (χ1n) is 15.2. The summed E-state index contributed by atoms with van der Waals surface area (Å²) in [6.07, 6.45) is 12.2. The van der Waals surface area contributed by atoms with Crippen LogP contribution in [0, 0.1) is 11.3 Å². The number of esters is 1. The fourth-order valence-electron chi connectivity index (χ4n) is 5.37. The van der Waals surface area contributed by atoms with E-state index in [1.54, 1.807) is 0 Å². The fraction of sp³-hybridized carbons (Fsp3) is 0.588. The van der Waals surface area contributed by atoms with Crippen LogP contribution in [0.25, 0.3) is 11.1 Å². The van der Waals surface area contributed by atoms with Crippen molar-refractivity contribution >= 4 is 5.97 Å². The second-order valence-corrected chi connectivity index (χ2v) is 10.9. The quantitative estimate of drug-likeness (QED) is 0.159. The number of nitrogens with zero attached hydrogens (tertiary/aromatic N) is 1. The van der Waals surface area contributed by atoms with Crippen molar-refractivity contribution in [2.24, 2.45) is 0 Å². The van der Waals surface area contributed by atoms with Gasteiger partial charge in [-0.05, 0) is 73.3 Å². The van der Waals surface area contributed by atoms with Crippen molar-refractivity contribution in [1.82, 2.24) is 0 Å². The van der Waals surface area contributed by atoms with E-state index in [-0.39, 0.29) is 12.5 Å². The molecule has 0 amide bonds. The van der Waals surface area contributed by atoms with Gasteiger partial charge >= 0.3 is 5.97 Å². The molecule has 39 heavy (non-hydrogen) atoms.